The Hall–Kier alpha value is -2.59. The fraction of sp³-hybridized carbons (Fsp3) is 0.188. The molecule has 2 rings (SSSR count). The second-order valence-electron chi connectivity index (χ2n) is 4.81. The van der Waals surface area contributed by atoms with Gasteiger partial charge in [-0.1, -0.05) is 12.1 Å². The minimum absolute atomic E-state index is 0.129. The molecule has 0 aliphatic carbocycles. The van der Waals surface area contributed by atoms with Crippen LogP contribution in [0.15, 0.2) is 45.5 Å². The highest BCUT2D eigenvalue weighted by Gasteiger charge is 2.13. The van der Waals surface area contributed by atoms with E-state index in [4.69, 9.17) is 9.68 Å². The van der Waals surface area contributed by atoms with Gasteiger partial charge in [0.2, 0.25) is 5.91 Å². The summed E-state index contributed by atoms with van der Waals surface area (Å²) in [5.41, 5.74) is 1.43. The monoisotopic (exact) mass is 375 g/mol. The van der Waals surface area contributed by atoms with E-state index in [9.17, 15) is 9.59 Å². The van der Waals surface area contributed by atoms with E-state index < -0.39 is 5.91 Å². The second-order valence-corrected chi connectivity index (χ2v) is 5.59. The van der Waals surface area contributed by atoms with Crippen LogP contribution in [0.4, 0.5) is 0 Å². The first-order valence-electron chi connectivity index (χ1n) is 6.82. The third kappa shape index (κ3) is 4.69. The molecule has 0 aliphatic heterocycles. The number of benzene rings is 1. The number of amides is 2. The van der Waals surface area contributed by atoms with E-state index in [0.717, 1.165) is 5.56 Å². The molecule has 6 nitrogen and oxygen atoms in total. The van der Waals surface area contributed by atoms with Crippen LogP contribution in [0.5, 0.6) is 0 Å². The van der Waals surface area contributed by atoms with Crippen LogP contribution in [0.3, 0.4) is 0 Å². The summed E-state index contributed by atoms with van der Waals surface area (Å²) in [6.45, 7) is 1.67. The molecule has 1 atom stereocenters. The van der Waals surface area contributed by atoms with Crippen molar-refractivity contribution in [2.24, 2.45) is 0 Å². The number of halogens is 1. The molecular formula is C16H14BrN3O3. The Morgan fingerprint density at radius 2 is 1.96 bits per heavy atom. The summed E-state index contributed by atoms with van der Waals surface area (Å²) in [5, 5.41) is 14.0. The molecule has 1 heterocycles. The van der Waals surface area contributed by atoms with Crippen molar-refractivity contribution in [2.75, 3.05) is 6.54 Å². The van der Waals surface area contributed by atoms with Gasteiger partial charge in [0.1, 0.15) is 0 Å². The van der Waals surface area contributed by atoms with Crippen LogP contribution in [-0.4, -0.2) is 18.4 Å². The number of carbonyl (C=O) groups excluding carboxylic acids is 2. The quantitative estimate of drug-likeness (QED) is 0.838. The molecule has 2 N–H and O–H groups in total. The Morgan fingerprint density at radius 1 is 1.26 bits per heavy atom. The third-order valence-electron chi connectivity index (χ3n) is 3.12. The summed E-state index contributed by atoms with van der Waals surface area (Å²) < 4.78 is 5.54. The highest BCUT2D eigenvalue weighted by molar-refractivity contribution is 9.10. The van der Waals surface area contributed by atoms with Crippen LogP contribution >= 0.6 is 15.9 Å². The topological polar surface area (TPSA) is 95.1 Å². The van der Waals surface area contributed by atoms with Gasteiger partial charge in [0.05, 0.1) is 24.2 Å². The van der Waals surface area contributed by atoms with Crippen molar-refractivity contribution >= 4 is 27.7 Å². The number of nitrogens with one attached hydrogen (secondary N) is 2. The molecule has 23 heavy (non-hydrogen) atoms. The van der Waals surface area contributed by atoms with Gasteiger partial charge in [0.15, 0.2) is 10.4 Å². The first kappa shape index (κ1) is 16.8. The zero-order chi connectivity index (χ0) is 16.8. The molecule has 0 aliphatic rings. The van der Waals surface area contributed by atoms with Gasteiger partial charge in [0.25, 0.3) is 5.91 Å². The summed E-state index contributed by atoms with van der Waals surface area (Å²) in [6.07, 6.45) is 0. The molecule has 1 aromatic carbocycles. The van der Waals surface area contributed by atoms with Gasteiger partial charge >= 0.3 is 0 Å². The van der Waals surface area contributed by atoms with E-state index in [1.54, 1.807) is 30.3 Å². The van der Waals surface area contributed by atoms with Crippen LogP contribution in [-0.2, 0) is 4.79 Å². The fourth-order valence-corrected chi connectivity index (χ4v) is 2.21. The molecule has 0 radical (unpaired) electrons. The molecule has 1 unspecified atom stereocenters. The molecule has 0 saturated carbocycles. The maximum Gasteiger partial charge on any atom is 0.287 e. The number of nitrogens with zero attached hydrogens (tertiary/aromatic N) is 1. The number of hydrogen-bond acceptors (Lipinski definition) is 4. The molecule has 0 spiro atoms. The molecule has 2 amide bonds. The first-order valence-corrected chi connectivity index (χ1v) is 7.62. The summed E-state index contributed by atoms with van der Waals surface area (Å²) in [7, 11) is 0. The molecular weight excluding hydrogens is 362 g/mol. The number of hydrogen-bond donors (Lipinski definition) is 2. The SMILES string of the molecule is CC(NC(=O)CNC(=O)c1ccc(Br)o1)c1ccc(C#N)cc1. The van der Waals surface area contributed by atoms with E-state index in [2.05, 4.69) is 26.6 Å². The van der Waals surface area contributed by atoms with Crippen LogP contribution in [0.1, 0.15) is 34.6 Å². The number of carbonyl (C=O) groups is 2. The van der Waals surface area contributed by atoms with Gasteiger partial charge in [0, 0.05) is 0 Å². The normalized spacial score (nSPS) is 11.3. The van der Waals surface area contributed by atoms with E-state index >= 15 is 0 Å². The van der Waals surface area contributed by atoms with Gasteiger partial charge in [-0.05, 0) is 52.7 Å². The standard InChI is InChI=1S/C16H14BrN3O3/c1-10(12-4-2-11(8-18)3-5-12)20-15(21)9-19-16(22)13-6-7-14(17)23-13/h2-7,10H,9H2,1H3,(H,19,22)(H,20,21). The smallest absolute Gasteiger partial charge is 0.287 e. The summed E-state index contributed by atoms with van der Waals surface area (Å²) in [4.78, 5) is 23.6. The summed E-state index contributed by atoms with van der Waals surface area (Å²) in [6, 6.07) is 11.9. The minimum Gasteiger partial charge on any atom is -0.444 e. The van der Waals surface area contributed by atoms with Gasteiger partial charge < -0.3 is 15.1 Å². The van der Waals surface area contributed by atoms with Crippen molar-refractivity contribution in [2.45, 2.75) is 13.0 Å². The number of furan rings is 1. The molecule has 7 heteroatoms. The lowest BCUT2D eigenvalue weighted by Crippen LogP contribution is -2.37. The van der Waals surface area contributed by atoms with Crippen LogP contribution in [0.2, 0.25) is 0 Å². The lowest BCUT2D eigenvalue weighted by atomic mass is 10.1. The highest BCUT2D eigenvalue weighted by Crippen LogP contribution is 2.14. The van der Waals surface area contributed by atoms with Gasteiger partial charge in [-0.15, -0.1) is 0 Å². The van der Waals surface area contributed by atoms with Crippen molar-refractivity contribution in [3.05, 3.63) is 58.0 Å². The fourth-order valence-electron chi connectivity index (χ4n) is 1.91. The summed E-state index contributed by atoms with van der Waals surface area (Å²) >= 11 is 3.10. The van der Waals surface area contributed by atoms with Crippen molar-refractivity contribution in [1.29, 1.82) is 5.26 Å². The lowest BCUT2D eigenvalue weighted by Gasteiger charge is -2.14. The van der Waals surface area contributed by atoms with Gasteiger partial charge in [-0.3, -0.25) is 9.59 Å². The van der Waals surface area contributed by atoms with Crippen molar-refractivity contribution in [1.82, 2.24) is 10.6 Å². The Balaban J connectivity index is 1.84. The Kier molecular flexibility index (Phi) is 5.55. The molecule has 2 aromatic rings. The molecule has 1 aromatic heterocycles. The summed E-state index contributed by atoms with van der Waals surface area (Å²) in [5.74, 6) is -0.650. The molecule has 0 bridgehead atoms. The van der Waals surface area contributed by atoms with E-state index in [0.29, 0.717) is 10.2 Å². The predicted octanol–water partition coefficient (Wildman–Crippen LogP) is 2.52. The highest BCUT2D eigenvalue weighted by atomic mass is 79.9. The zero-order valence-electron chi connectivity index (χ0n) is 12.3. The van der Waals surface area contributed by atoms with Crippen LogP contribution in [0, 0.1) is 11.3 Å². The van der Waals surface area contributed by atoms with Gasteiger partial charge in [-0.2, -0.15) is 5.26 Å². The Morgan fingerprint density at radius 3 is 2.52 bits per heavy atom. The first-order chi connectivity index (χ1) is 11.0. The Labute approximate surface area is 141 Å². The predicted molar refractivity (Wildman–Crippen MR) is 86.5 cm³/mol. The minimum atomic E-state index is -0.461. The average molecular weight is 376 g/mol. The maximum atomic E-state index is 11.9. The van der Waals surface area contributed by atoms with E-state index in [1.807, 2.05) is 13.0 Å². The average Bonchev–Trinajstić information content (AvgIpc) is 2.99. The third-order valence-corrected chi connectivity index (χ3v) is 3.55. The van der Waals surface area contributed by atoms with E-state index in [1.165, 1.54) is 6.07 Å². The van der Waals surface area contributed by atoms with E-state index in [-0.39, 0.29) is 24.3 Å². The van der Waals surface area contributed by atoms with Crippen molar-refractivity contribution < 1.29 is 14.0 Å². The van der Waals surface area contributed by atoms with Gasteiger partial charge in [-0.25, -0.2) is 0 Å². The number of rotatable bonds is 5. The Bertz CT molecular complexity index is 747. The van der Waals surface area contributed by atoms with Crippen molar-refractivity contribution in [3.8, 4) is 6.07 Å². The van der Waals surface area contributed by atoms with Crippen LogP contribution in [0.25, 0.3) is 0 Å². The largest absolute Gasteiger partial charge is 0.444 e. The zero-order valence-corrected chi connectivity index (χ0v) is 13.9. The second kappa shape index (κ2) is 7.61. The van der Waals surface area contributed by atoms with Crippen LogP contribution < -0.4 is 10.6 Å². The van der Waals surface area contributed by atoms with Crippen molar-refractivity contribution in [3.63, 3.8) is 0 Å². The maximum absolute atomic E-state index is 11.9. The molecule has 0 fully saturated rings. The number of nitriles is 1. The molecule has 118 valence electrons. The molecule has 0 saturated heterocycles. The lowest BCUT2D eigenvalue weighted by molar-refractivity contribution is -0.120.